The lowest BCUT2D eigenvalue weighted by atomic mass is 9.99. The van der Waals surface area contributed by atoms with Crippen molar-refractivity contribution in [3.8, 4) is 22.4 Å². The second-order valence-electron chi connectivity index (χ2n) is 5.05. The van der Waals surface area contributed by atoms with Crippen LogP contribution in [-0.4, -0.2) is 29.5 Å². The lowest BCUT2D eigenvalue weighted by Crippen LogP contribution is -2.03. The van der Waals surface area contributed by atoms with Gasteiger partial charge in [0, 0.05) is 21.0 Å². The first-order chi connectivity index (χ1) is 11.6. The van der Waals surface area contributed by atoms with Gasteiger partial charge in [0.15, 0.2) is 5.69 Å². The first-order valence-corrected chi connectivity index (χ1v) is 8.81. The minimum Gasteiger partial charge on any atom is -0.464 e. The van der Waals surface area contributed by atoms with Crippen LogP contribution in [-0.2, 0) is 4.74 Å². The Labute approximate surface area is 149 Å². The number of hydrogen-bond acceptors (Lipinski definition) is 4. The molecule has 1 heterocycles. The van der Waals surface area contributed by atoms with Gasteiger partial charge in [0.1, 0.15) is 0 Å². The van der Waals surface area contributed by atoms with Crippen LogP contribution >= 0.6 is 23.4 Å². The van der Waals surface area contributed by atoms with E-state index in [1.54, 1.807) is 23.9 Å². The number of esters is 1. The standard InChI is InChI=1S/C18H15ClN2O2S/c1-23-18(22)17-15(11-3-7-13(19)8-4-11)16(20-21-17)12-5-9-14(24-2)10-6-12/h3-10H,1-2H3,(H,20,21). The minimum atomic E-state index is -0.483. The van der Waals surface area contributed by atoms with Crippen molar-refractivity contribution < 1.29 is 9.53 Å². The number of H-pyrrole nitrogens is 1. The Hall–Kier alpha value is -2.24. The molecule has 0 aliphatic rings. The SMILES string of the molecule is COC(=O)c1n[nH]c(-c2ccc(SC)cc2)c1-c1ccc(Cl)cc1. The summed E-state index contributed by atoms with van der Waals surface area (Å²) in [6, 6.07) is 15.4. The molecule has 1 aromatic heterocycles. The summed E-state index contributed by atoms with van der Waals surface area (Å²) >= 11 is 7.65. The second-order valence-corrected chi connectivity index (χ2v) is 6.37. The number of hydrogen-bond donors (Lipinski definition) is 1. The molecule has 0 aliphatic heterocycles. The molecule has 4 nitrogen and oxygen atoms in total. The molecule has 0 unspecified atom stereocenters. The van der Waals surface area contributed by atoms with Crippen LogP contribution in [0.4, 0.5) is 0 Å². The number of benzene rings is 2. The first kappa shape index (κ1) is 16.6. The van der Waals surface area contributed by atoms with E-state index in [1.807, 2.05) is 42.7 Å². The zero-order chi connectivity index (χ0) is 17.1. The van der Waals surface area contributed by atoms with Crippen LogP contribution in [0.2, 0.25) is 5.02 Å². The number of thioether (sulfide) groups is 1. The number of aromatic amines is 1. The number of carbonyl (C=O) groups is 1. The third kappa shape index (κ3) is 3.18. The van der Waals surface area contributed by atoms with E-state index in [0.717, 1.165) is 16.8 Å². The van der Waals surface area contributed by atoms with E-state index in [0.29, 0.717) is 10.6 Å². The molecule has 2 aromatic carbocycles. The summed E-state index contributed by atoms with van der Waals surface area (Å²) in [7, 11) is 1.34. The molecule has 122 valence electrons. The Morgan fingerprint density at radius 2 is 1.71 bits per heavy atom. The van der Waals surface area contributed by atoms with Crippen molar-refractivity contribution in [3.05, 3.63) is 59.2 Å². The maximum absolute atomic E-state index is 12.1. The van der Waals surface area contributed by atoms with Crippen LogP contribution in [0.15, 0.2) is 53.4 Å². The average molecular weight is 359 g/mol. The van der Waals surface area contributed by atoms with Crippen LogP contribution in [0.1, 0.15) is 10.5 Å². The zero-order valence-corrected chi connectivity index (χ0v) is 14.7. The van der Waals surface area contributed by atoms with E-state index in [4.69, 9.17) is 16.3 Å². The van der Waals surface area contributed by atoms with Gasteiger partial charge in [0.25, 0.3) is 0 Å². The largest absolute Gasteiger partial charge is 0.464 e. The minimum absolute atomic E-state index is 0.253. The van der Waals surface area contributed by atoms with Gasteiger partial charge in [-0.3, -0.25) is 5.10 Å². The van der Waals surface area contributed by atoms with Crippen LogP contribution in [0.3, 0.4) is 0 Å². The van der Waals surface area contributed by atoms with Gasteiger partial charge in [-0.25, -0.2) is 4.79 Å². The maximum atomic E-state index is 12.1. The Kier molecular flexibility index (Phi) is 4.92. The monoisotopic (exact) mass is 358 g/mol. The van der Waals surface area contributed by atoms with Crippen molar-refractivity contribution >= 4 is 29.3 Å². The van der Waals surface area contributed by atoms with Gasteiger partial charge in [0.2, 0.25) is 0 Å². The van der Waals surface area contributed by atoms with Gasteiger partial charge in [-0.15, -0.1) is 11.8 Å². The second kappa shape index (κ2) is 7.11. The smallest absolute Gasteiger partial charge is 0.359 e. The van der Waals surface area contributed by atoms with Crippen molar-refractivity contribution in [1.29, 1.82) is 0 Å². The number of carbonyl (C=O) groups excluding carboxylic acids is 1. The molecule has 3 aromatic rings. The molecule has 0 aliphatic carbocycles. The van der Waals surface area contributed by atoms with E-state index >= 15 is 0 Å². The van der Waals surface area contributed by atoms with E-state index in [-0.39, 0.29) is 5.69 Å². The fourth-order valence-electron chi connectivity index (χ4n) is 2.45. The fourth-order valence-corrected chi connectivity index (χ4v) is 2.98. The highest BCUT2D eigenvalue weighted by molar-refractivity contribution is 7.98. The van der Waals surface area contributed by atoms with Gasteiger partial charge in [-0.2, -0.15) is 5.10 Å². The van der Waals surface area contributed by atoms with Crippen LogP contribution in [0, 0.1) is 0 Å². The third-order valence-corrected chi connectivity index (χ3v) is 4.65. The topological polar surface area (TPSA) is 55.0 Å². The summed E-state index contributed by atoms with van der Waals surface area (Å²) in [4.78, 5) is 13.3. The highest BCUT2D eigenvalue weighted by Gasteiger charge is 2.22. The number of rotatable bonds is 4. The van der Waals surface area contributed by atoms with Gasteiger partial charge in [-0.05, 0) is 36.1 Å². The molecule has 0 amide bonds. The molecule has 0 bridgehead atoms. The van der Waals surface area contributed by atoms with E-state index < -0.39 is 5.97 Å². The zero-order valence-electron chi connectivity index (χ0n) is 13.2. The van der Waals surface area contributed by atoms with Gasteiger partial charge >= 0.3 is 5.97 Å². The normalized spacial score (nSPS) is 10.6. The van der Waals surface area contributed by atoms with Gasteiger partial charge < -0.3 is 4.74 Å². The summed E-state index contributed by atoms with van der Waals surface area (Å²) in [6.07, 6.45) is 2.03. The summed E-state index contributed by atoms with van der Waals surface area (Å²) in [5.41, 5.74) is 3.52. The molecule has 6 heteroatoms. The van der Waals surface area contributed by atoms with Gasteiger partial charge in [-0.1, -0.05) is 35.9 Å². The molecule has 0 saturated heterocycles. The summed E-state index contributed by atoms with van der Waals surface area (Å²) < 4.78 is 4.86. The Morgan fingerprint density at radius 3 is 2.29 bits per heavy atom. The highest BCUT2D eigenvalue weighted by Crippen LogP contribution is 2.34. The molecule has 1 N–H and O–H groups in total. The molecule has 0 fully saturated rings. The quantitative estimate of drug-likeness (QED) is 0.532. The lowest BCUT2D eigenvalue weighted by molar-refractivity contribution is 0.0595. The average Bonchev–Trinajstić information content (AvgIpc) is 3.06. The van der Waals surface area contributed by atoms with Crippen molar-refractivity contribution in [2.45, 2.75) is 4.90 Å². The predicted octanol–water partition coefficient (Wildman–Crippen LogP) is 4.91. The molecule has 0 spiro atoms. The number of nitrogens with one attached hydrogen (secondary N) is 1. The molecule has 0 radical (unpaired) electrons. The van der Waals surface area contributed by atoms with E-state index in [2.05, 4.69) is 10.2 Å². The van der Waals surface area contributed by atoms with E-state index in [9.17, 15) is 4.79 Å². The van der Waals surface area contributed by atoms with Crippen molar-refractivity contribution in [3.63, 3.8) is 0 Å². The lowest BCUT2D eigenvalue weighted by Gasteiger charge is -2.07. The fraction of sp³-hybridized carbons (Fsp3) is 0.111. The first-order valence-electron chi connectivity index (χ1n) is 7.21. The van der Waals surface area contributed by atoms with Crippen molar-refractivity contribution in [2.75, 3.05) is 13.4 Å². The van der Waals surface area contributed by atoms with Crippen LogP contribution < -0.4 is 0 Å². The number of aromatic nitrogens is 2. The summed E-state index contributed by atoms with van der Waals surface area (Å²) in [5.74, 6) is -0.483. The Bertz CT molecular complexity index is 858. The Balaban J connectivity index is 2.17. The Morgan fingerprint density at radius 1 is 1.08 bits per heavy atom. The maximum Gasteiger partial charge on any atom is 0.359 e. The van der Waals surface area contributed by atoms with Gasteiger partial charge in [0.05, 0.1) is 12.8 Å². The molecular weight excluding hydrogens is 344 g/mol. The number of methoxy groups -OCH3 is 1. The van der Waals surface area contributed by atoms with Crippen molar-refractivity contribution in [2.24, 2.45) is 0 Å². The number of ether oxygens (including phenoxy) is 1. The van der Waals surface area contributed by atoms with Crippen LogP contribution in [0.5, 0.6) is 0 Å². The highest BCUT2D eigenvalue weighted by atomic mass is 35.5. The molecular formula is C18H15ClN2O2S. The molecule has 0 atom stereocenters. The van der Waals surface area contributed by atoms with Crippen molar-refractivity contribution in [1.82, 2.24) is 10.2 Å². The third-order valence-electron chi connectivity index (χ3n) is 3.66. The summed E-state index contributed by atoms with van der Waals surface area (Å²) in [5, 5.41) is 7.76. The number of halogens is 1. The van der Waals surface area contributed by atoms with Crippen LogP contribution in [0.25, 0.3) is 22.4 Å². The predicted molar refractivity (Wildman–Crippen MR) is 97.6 cm³/mol. The molecule has 0 saturated carbocycles. The number of nitrogens with zero attached hydrogens (tertiary/aromatic N) is 1. The van der Waals surface area contributed by atoms with E-state index in [1.165, 1.54) is 12.0 Å². The molecule has 24 heavy (non-hydrogen) atoms. The molecule has 3 rings (SSSR count). The summed E-state index contributed by atoms with van der Waals surface area (Å²) in [6.45, 7) is 0.